The number of hydrogen-bond acceptors (Lipinski definition) is 3. The number of anilines is 1. The molecule has 0 atom stereocenters. The van der Waals surface area contributed by atoms with Crippen molar-refractivity contribution in [1.29, 1.82) is 0 Å². The van der Waals surface area contributed by atoms with E-state index in [2.05, 4.69) is 26.3 Å². The zero-order chi connectivity index (χ0) is 18.7. The molecule has 0 fully saturated rings. The molecule has 26 heavy (non-hydrogen) atoms. The Morgan fingerprint density at radius 1 is 1.08 bits per heavy atom. The van der Waals surface area contributed by atoms with E-state index in [0.717, 1.165) is 4.68 Å². The minimum absolute atomic E-state index is 0.00344. The number of halogens is 3. The summed E-state index contributed by atoms with van der Waals surface area (Å²) < 4.78 is 28.4. The fourth-order valence-corrected chi connectivity index (χ4v) is 2.56. The Morgan fingerprint density at radius 3 is 2.50 bits per heavy atom. The van der Waals surface area contributed by atoms with Crippen LogP contribution in [0.2, 0.25) is 0 Å². The van der Waals surface area contributed by atoms with E-state index < -0.39 is 23.1 Å². The van der Waals surface area contributed by atoms with Crippen LogP contribution in [-0.4, -0.2) is 15.7 Å². The molecule has 2 aromatic carbocycles. The fraction of sp³-hybridized carbons (Fsp3) is 0.0556. The van der Waals surface area contributed by atoms with Gasteiger partial charge in [-0.25, -0.2) is 13.5 Å². The molecule has 0 radical (unpaired) electrons. The Balaban J connectivity index is 1.83. The molecule has 5 nitrogen and oxygen atoms in total. The van der Waals surface area contributed by atoms with E-state index in [-0.39, 0.29) is 17.9 Å². The highest BCUT2D eigenvalue weighted by molar-refractivity contribution is 9.10. The highest BCUT2D eigenvalue weighted by Gasteiger charge is 2.13. The topological polar surface area (TPSA) is 64.0 Å². The van der Waals surface area contributed by atoms with Gasteiger partial charge in [0.1, 0.15) is 17.3 Å². The van der Waals surface area contributed by atoms with Crippen molar-refractivity contribution in [3.8, 4) is 0 Å². The van der Waals surface area contributed by atoms with Crippen LogP contribution in [-0.2, 0) is 6.54 Å². The Kier molecular flexibility index (Phi) is 5.22. The zero-order valence-electron chi connectivity index (χ0n) is 13.2. The molecule has 1 aromatic heterocycles. The average molecular weight is 420 g/mol. The molecule has 0 saturated heterocycles. The van der Waals surface area contributed by atoms with Gasteiger partial charge in [0.05, 0.1) is 12.2 Å². The minimum Gasteiger partial charge on any atom is -0.318 e. The van der Waals surface area contributed by atoms with Crippen molar-refractivity contribution in [1.82, 2.24) is 9.78 Å². The third-order valence-electron chi connectivity index (χ3n) is 3.52. The van der Waals surface area contributed by atoms with Gasteiger partial charge < -0.3 is 5.32 Å². The quantitative estimate of drug-likeness (QED) is 0.702. The summed E-state index contributed by atoms with van der Waals surface area (Å²) in [6.07, 6.45) is 0. The molecule has 8 heteroatoms. The maximum atomic E-state index is 13.8. The second kappa shape index (κ2) is 7.57. The van der Waals surface area contributed by atoms with Crippen molar-refractivity contribution in [3.05, 3.63) is 92.3 Å². The smallest absolute Gasteiger partial charge is 0.276 e. The van der Waals surface area contributed by atoms with Crippen molar-refractivity contribution in [2.45, 2.75) is 6.54 Å². The Hall–Kier alpha value is -2.87. The summed E-state index contributed by atoms with van der Waals surface area (Å²) in [6, 6.07) is 12.3. The van der Waals surface area contributed by atoms with Crippen LogP contribution < -0.4 is 10.9 Å². The first-order valence-corrected chi connectivity index (χ1v) is 8.31. The molecule has 1 amide bonds. The minimum atomic E-state index is -0.654. The van der Waals surface area contributed by atoms with E-state index in [4.69, 9.17) is 0 Å². The maximum absolute atomic E-state index is 13.8. The molecule has 0 bridgehead atoms. The van der Waals surface area contributed by atoms with Crippen LogP contribution in [0.5, 0.6) is 0 Å². The van der Waals surface area contributed by atoms with Gasteiger partial charge in [0.25, 0.3) is 11.5 Å². The van der Waals surface area contributed by atoms with Crippen molar-refractivity contribution < 1.29 is 13.6 Å². The molecule has 1 heterocycles. The number of amides is 1. The molecule has 0 saturated carbocycles. The lowest BCUT2D eigenvalue weighted by Crippen LogP contribution is -2.26. The Morgan fingerprint density at radius 2 is 1.81 bits per heavy atom. The lowest BCUT2D eigenvalue weighted by Gasteiger charge is -2.09. The number of aromatic nitrogens is 2. The number of carbonyl (C=O) groups is 1. The zero-order valence-corrected chi connectivity index (χ0v) is 14.8. The van der Waals surface area contributed by atoms with Gasteiger partial charge in [0, 0.05) is 10.5 Å². The molecule has 0 aliphatic heterocycles. The number of rotatable bonds is 4. The standard InChI is InChI=1S/C18H12BrF2N3O2/c19-12-3-6-15(14(21)9-12)22-18(26)16-7-8-17(25)24(23-16)10-11-1-4-13(20)5-2-11/h1-9H,10H2,(H,22,26). The van der Waals surface area contributed by atoms with Gasteiger partial charge in [-0.1, -0.05) is 28.1 Å². The monoisotopic (exact) mass is 419 g/mol. The van der Waals surface area contributed by atoms with Crippen LogP contribution in [0.1, 0.15) is 16.1 Å². The predicted molar refractivity (Wildman–Crippen MR) is 96.1 cm³/mol. The Bertz CT molecular complexity index is 1020. The van der Waals surface area contributed by atoms with Gasteiger partial charge in [-0.3, -0.25) is 9.59 Å². The maximum Gasteiger partial charge on any atom is 0.276 e. The highest BCUT2D eigenvalue weighted by Crippen LogP contribution is 2.19. The molecule has 3 aromatic rings. The SMILES string of the molecule is O=C(Nc1ccc(Br)cc1F)c1ccc(=O)n(Cc2ccc(F)cc2)n1. The first kappa shape index (κ1) is 17.9. The molecule has 0 spiro atoms. The van der Waals surface area contributed by atoms with Gasteiger partial charge >= 0.3 is 0 Å². The van der Waals surface area contributed by atoms with Crippen molar-refractivity contribution >= 4 is 27.5 Å². The summed E-state index contributed by atoms with van der Waals surface area (Å²) in [6.45, 7) is 0.0763. The van der Waals surface area contributed by atoms with E-state index in [1.165, 1.54) is 48.5 Å². The van der Waals surface area contributed by atoms with E-state index >= 15 is 0 Å². The van der Waals surface area contributed by atoms with E-state index in [1.54, 1.807) is 6.07 Å². The molecule has 0 aliphatic rings. The first-order valence-electron chi connectivity index (χ1n) is 7.51. The number of benzene rings is 2. The van der Waals surface area contributed by atoms with Gasteiger partial charge in [-0.05, 0) is 42.0 Å². The predicted octanol–water partition coefficient (Wildman–Crippen LogP) is 3.58. The molecule has 0 unspecified atom stereocenters. The van der Waals surface area contributed by atoms with Crippen molar-refractivity contribution in [2.24, 2.45) is 0 Å². The summed E-state index contributed by atoms with van der Waals surface area (Å²) >= 11 is 3.13. The largest absolute Gasteiger partial charge is 0.318 e. The first-order chi connectivity index (χ1) is 12.4. The summed E-state index contributed by atoms with van der Waals surface area (Å²) in [5, 5.41) is 6.41. The van der Waals surface area contributed by atoms with Gasteiger partial charge in [0.15, 0.2) is 0 Å². The van der Waals surface area contributed by atoms with Crippen LogP contribution in [0.3, 0.4) is 0 Å². The summed E-state index contributed by atoms with van der Waals surface area (Å²) in [7, 11) is 0. The number of nitrogens with one attached hydrogen (secondary N) is 1. The number of hydrogen-bond donors (Lipinski definition) is 1. The summed E-state index contributed by atoms with van der Waals surface area (Å²) in [5.74, 6) is -1.65. The van der Waals surface area contributed by atoms with Gasteiger partial charge in [-0.15, -0.1) is 0 Å². The van der Waals surface area contributed by atoms with E-state index in [0.29, 0.717) is 10.0 Å². The number of carbonyl (C=O) groups excluding carboxylic acids is 1. The van der Waals surface area contributed by atoms with Crippen LogP contribution in [0.25, 0.3) is 0 Å². The van der Waals surface area contributed by atoms with E-state index in [9.17, 15) is 18.4 Å². The second-order valence-electron chi connectivity index (χ2n) is 5.42. The van der Waals surface area contributed by atoms with Gasteiger partial charge in [-0.2, -0.15) is 5.10 Å². The normalized spacial score (nSPS) is 10.6. The second-order valence-corrected chi connectivity index (χ2v) is 6.33. The van der Waals surface area contributed by atoms with Crippen LogP contribution in [0.15, 0.2) is 63.9 Å². The molecular formula is C18H12BrF2N3O2. The number of nitrogens with zero attached hydrogens (tertiary/aromatic N) is 2. The summed E-state index contributed by atoms with van der Waals surface area (Å²) in [5.41, 5.74) is 0.184. The molecule has 132 valence electrons. The van der Waals surface area contributed by atoms with E-state index in [1.807, 2.05) is 0 Å². The fourth-order valence-electron chi connectivity index (χ4n) is 2.22. The van der Waals surface area contributed by atoms with Gasteiger partial charge in [0.2, 0.25) is 0 Å². The Labute approximate surface area is 155 Å². The summed E-state index contributed by atoms with van der Waals surface area (Å²) in [4.78, 5) is 24.2. The molecular weight excluding hydrogens is 408 g/mol. The molecule has 1 N–H and O–H groups in total. The molecule has 0 aliphatic carbocycles. The average Bonchev–Trinajstić information content (AvgIpc) is 2.61. The molecule has 3 rings (SSSR count). The van der Waals surface area contributed by atoms with Crippen molar-refractivity contribution in [3.63, 3.8) is 0 Å². The van der Waals surface area contributed by atoms with Crippen LogP contribution >= 0.6 is 15.9 Å². The van der Waals surface area contributed by atoms with Crippen molar-refractivity contribution in [2.75, 3.05) is 5.32 Å². The lowest BCUT2D eigenvalue weighted by atomic mass is 10.2. The third kappa shape index (κ3) is 4.20. The lowest BCUT2D eigenvalue weighted by molar-refractivity contribution is 0.101. The third-order valence-corrected chi connectivity index (χ3v) is 4.02. The highest BCUT2D eigenvalue weighted by atomic mass is 79.9. The van der Waals surface area contributed by atoms with Crippen LogP contribution in [0.4, 0.5) is 14.5 Å². The van der Waals surface area contributed by atoms with Crippen LogP contribution in [0, 0.1) is 11.6 Å².